The maximum atomic E-state index is 10.4. The van der Waals surface area contributed by atoms with Gasteiger partial charge in [0.05, 0.1) is 12.1 Å². The Hall–Kier alpha value is -1.36. The van der Waals surface area contributed by atoms with Crippen molar-refractivity contribution < 1.29 is 14.4 Å². The summed E-state index contributed by atoms with van der Waals surface area (Å²) in [4.78, 5) is 10.4. The van der Waals surface area contributed by atoms with Crippen molar-refractivity contribution >= 4 is 5.97 Å². The van der Waals surface area contributed by atoms with Crippen LogP contribution in [0.25, 0.3) is 0 Å². The monoisotopic (exact) mass is 184 g/mol. The Morgan fingerprint density at radius 3 is 2.92 bits per heavy atom. The van der Waals surface area contributed by atoms with Crippen LogP contribution in [0.2, 0.25) is 0 Å². The van der Waals surface area contributed by atoms with E-state index >= 15 is 0 Å². The van der Waals surface area contributed by atoms with E-state index in [1.54, 1.807) is 13.0 Å². The van der Waals surface area contributed by atoms with Crippen LogP contribution in [0.4, 0.5) is 0 Å². The zero-order valence-electron chi connectivity index (χ0n) is 7.36. The molecule has 1 unspecified atom stereocenters. The highest BCUT2D eigenvalue weighted by Gasteiger charge is 2.17. The fourth-order valence-corrected chi connectivity index (χ4v) is 1.09. The molecule has 0 aliphatic heterocycles. The van der Waals surface area contributed by atoms with Gasteiger partial charge in [0.1, 0.15) is 5.76 Å². The predicted octanol–water partition coefficient (Wildman–Crippen LogP) is 0.500. The number of nitrogens with two attached hydrogens (primary N) is 1. The fourth-order valence-electron chi connectivity index (χ4n) is 1.09. The van der Waals surface area contributed by atoms with Gasteiger partial charge in [-0.1, -0.05) is 5.16 Å². The van der Waals surface area contributed by atoms with Crippen molar-refractivity contribution in [3.8, 4) is 0 Å². The minimum absolute atomic E-state index is 0.0227. The lowest BCUT2D eigenvalue weighted by Gasteiger charge is -2.06. The van der Waals surface area contributed by atoms with Gasteiger partial charge in [-0.25, -0.2) is 0 Å². The normalized spacial score (nSPS) is 12.8. The minimum atomic E-state index is -0.885. The predicted molar refractivity (Wildman–Crippen MR) is 45.3 cm³/mol. The van der Waals surface area contributed by atoms with E-state index < -0.39 is 5.97 Å². The summed E-state index contributed by atoms with van der Waals surface area (Å²) in [5, 5.41) is 12.2. The van der Waals surface area contributed by atoms with Crippen molar-refractivity contribution in [1.82, 2.24) is 5.16 Å². The fraction of sp³-hybridized carbons (Fsp3) is 0.500. The zero-order valence-corrected chi connectivity index (χ0v) is 7.36. The van der Waals surface area contributed by atoms with Gasteiger partial charge in [-0.05, 0) is 6.92 Å². The molecule has 1 atom stereocenters. The molecule has 0 saturated heterocycles. The van der Waals surface area contributed by atoms with Crippen LogP contribution in [-0.2, 0) is 4.79 Å². The SMILES string of the molecule is Cc1cc(C(CN)CC(=O)O)on1. The highest BCUT2D eigenvalue weighted by atomic mass is 16.5. The molecule has 1 rings (SSSR count). The number of carbonyl (C=O) groups is 1. The second-order valence-corrected chi connectivity index (χ2v) is 2.90. The maximum absolute atomic E-state index is 10.4. The van der Waals surface area contributed by atoms with E-state index in [2.05, 4.69) is 5.16 Å². The number of hydrogen-bond acceptors (Lipinski definition) is 4. The lowest BCUT2D eigenvalue weighted by molar-refractivity contribution is -0.137. The minimum Gasteiger partial charge on any atom is -0.481 e. The molecule has 0 saturated carbocycles. The average molecular weight is 184 g/mol. The highest BCUT2D eigenvalue weighted by molar-refractivity contribution is 5.67. The van der Waals surface area contributed by atoms with Crippen molar-refractivity contribution in [1.29, 1.82) is 0 Å². The van der Waals surface area contributed by atoms with Gasteiger partial charge >= 0.3 is 5.97 Å². The Balaban J connectivity index is 2.72. The Labute approximate surface area is 75.5 Å². The lowest BCUT2D eigenvalue weighted by atomic mass is 10.0. The van der Waals surface area contributed by atoms with Gasteiger partial charge < -0.3 is 15.4 Å². The molecule has 0 radical (unpaired) electrons. The van der Waals surface area contributed by atoms with E-state index in [-0.39, 0.29) is 18.9 Å². The zero-order chi connectivity index (χ0) is 9.84. The number of carboxylic acid groups (broad SMARTS) is 1. The first-order valence-electron chi connectivity index (χ1n) is 3.98. The quantitative estimate of drug-likeness (QED) is 0.711. The Bertz CT molecular complexity index is 295. The lowest BCUT2D eigenvalue weighted by Crippen LogP contribution is -2.15. The Morgan fingerprint density at radius 1 is 1.85 bits per heavy atom. The number of aryl methyl sites for hydroxylation is 1. The molecule has 0 aliphatic rings. The third-order valence-corrected chi connectivity index (χ3v) is 1.75. The third kappa shape index (κ3) is 2.55. The summed E-state index contributed by atoms with van der Waals surface area (Å²) >= 11 is 0. The molecule has 1 aromatic heterocycles. The van der Waals surface area contributed by atoms with E-state index in [9.17, 15) is 4.79 Å². The standard InChI is InChI=1S/C8H12N2O3/c1-5-2-7(13-10-5)6(4-9)3-8(11)12/h2,6H,3-4,9H2,1H3,(H,11,12). The van der Waals surface area contributed by atoms with Gasteiger partial charge in [0.15, 0.2) is 0 Å². The molecule has 0 spiro atoms. The first kappa shape index (κ1) is 9.73. The van der Waals surface area contributed by atoms with Gasteiger partial charge in [-0.3, -0.25) is 4.79 Å². The van der Waals surface area contributed by atoms with Crippen LogP contribution < -0.4 is 5.73 Å². The van der Waals surface area contributed by atoms with E-state index in [0.29, 0.717) is 5.76 Å². The summed E-state index contributed by atoms with van der Waals surface area (Å²) in [6, 6.07) is 1.71. The van der Waals surface area contributed by atoms with Crippen LogP contribution in [0.3, 0.4) is 0 Å². The molecular formula is C8H12N2O3. The molecule has 0 amide bonds. The largest absolute Gasteiger partial charge is 0.481 e. The molecule has 5 nitrogen and oxygen atoms in total. The van der Waals surface area contributed by atoms with Crippen LogP contribution in [-0.4, -0.2) is 22.8 Å². The first-order valence-corrected chi connectivity index (χ1v) is 3.98. The summed E-state index contributed by atoms with van der Waals surface area (Å²) in [6.45, 7) is 2.03. The molecular weight excluding hydrogens is 172 g/mol. The van der Waals surface area contributed by atoms with Crippen LogP contribution in [0.1, 0.15) is 23.8 Å². The Kier molecular flexibility index (Phi) is 3.02. The van der Waals surface area contributed by atoms with E-state index in [1.165, 1.54) is 0 Å². The molecule has 13 heavy (non-hydrogen) atoms. The van der Waals surface area contributed by atoms with Crippen molar-refractivity contribution in [2.75, 3.05) is 6.54 Å². The van der Waals surface area contributed by atoms with Crippen LogP contribution in [0.5, 0.6) is 0 Å². The van der Waals surface area contributed by atoms with Crippen molar-refractivity contribution in [3.63, 3.8) is 0 Å². The van der Waals surface area contributed by atoms with E-state index in [1.807, 2.05) is 0 Å². The van der Waals surface area contributed by atoms with Crippen molar-refractivity contribution in [2.45, 2.75) is 19.3 Å². The molecule has 0 fully saturated rings. The number of nitrogens with zero attached hydrogens (tertiary/aromatic N) is 1. The highest BCUT2D eigenvalue weighted by Crippen LogP contribution is 2.18. The van der Waals surface area contributed by atoms with Crippen molar-refractivity contribution in [3.05, 3.63) is 17.5 Å². The molecule has 3 N–H and O–H groups in total. The van der Waals surface area contributed by atoms with Crippen LogP contribution in [0.15, 0.2) is 10.6 Å². The van der Waals surface area contributed by atoms with Gasteiger partial charge in [-0.2, -0.15) is 0 Å². The summed E-state index contributed by atoms with van der Waals surface area (Å²) < 4.78 is 4.92. The second-order valence-electron chi connectivity index (χ2n) is 2.90. The number of carboxylic acids is 1. The van der Waals surface area contributed by atoms with Crippen LogP contribution in [0, 0.1) is 6.92 Å². The van der Waals surface area contributed by atoms with Crippen molar-refractivity contribution in [2.24, 2.45) is 5.73 Å². The van der Waals surface area contributed by atoms with Gasteiger partial charge in [0.2, 0.25) is 0 Å². The number of rotatable bonds is 4. The maximum Gasteiger partial charge on any atom is 0.304 e. The third-order valence-electron chi connectivity index (χ3n) is 1.75. The Morgan fingerprint density at radius 2 is 2.54 bits per heavy atom. The van der Waals surface area contributed by atoms with Gasteiger partial charge in [0.25, 0.3) is 0 Å². The van der Waals surface area contributed by atoms with E-state index in [0.717, 1.165) is 5.69 Å². The topological polar surface area (TPSA) is 89.4 Å². The molecule has 1 heterocycles. The van der Waals surface area contributed by atoms with Gasteiger partial charge in [0, 0.05) is 18.5 Å². The second kappa shape index (κ2) is 4.04. The molecule has 5 heteroatoms. The van der Waals surface area contributed by atoms with E-state index in [4.69, 9.17) is 15.4 Å². The smallest absolute Gasteiger partial charge is 0.304 e. The molecule has 72 valence electrons. The summed E-state index contributed by atoms with van der Waals surface area (Å²) in [5.74, 6) is -0.620. The first-order chi connectivity index (χ1) is 6.13. The molecule has 1 aromatic rings. The number of hydrogen-bond donors (Lipinski definition) is 2. The van der Waals surface area contributed by atoms with Gasteiger partial charge in [-0.15, -0.1) is 0 Å². The summed E-state index contributed by atoms with van der Waals surface area (Å²) in [6.07, 6.45) is -0.0227. The molecule has 0 aliphatic carbocycles. The number of aliphatic carboxylic acids is 1. The molecule has 0 aromatic carbocycles. The summed E-state index contributed by atoms with van der Waals surface area (Å²) in [5.41, 5.74) is 6.15. The average Bonchev–Trinajstić information content (AvgIpc) is 2.47. The molecule has 0 bridgehead atoms. The summed E-state index contributed by atoms with van der Waals surface area (Å²) in [7, 11) is 0. The van der Waals surface area contributed by atoms with Crippen LogP contribution >= 0.6 is 0 Å². The number of aromatic nitrogens is 1.